The second-order valence-corrected chi connectivity index (χ2v) is 11.2. The van der Waals surface area contributed by atoms with E-state index in [2.05, 4.69) is 21.9 Å². The molecule has 1 aliphatic rings. The highest BCUT2D eigenvalue weighted by atomic mass is 32.2. The van der Waals surface area contributed by atoms with Gasteiger partial charge in [0.25, 0.3) is 5.91 Å². The number of benzene rings is 2. The fourth-order valence-electron chi connectivity index (χ4n) is 3.99. The summed E-state index contributed by atoms with van der Waals surface area (Å²) in [5.74, 6) is -0.345. The summed E-state index contributed by atoms with van der Waals surface area (Å²) in [7, 11) is -3.72. The SMILES string of the molecule is CC1CCCCN1Cc1ccc(NC(=O)c2cccc(S(=O)(=O)NCc3cccs3)c2)cc1. The number of piperidine rings is 1. The fraction of sp³-hybridized carbons (Fsp3) is 0.320. The van der Waals surface area contributed by atoms with Gasteiger partial charge in [-0.1, -0.05) is 30.7 Å². The maximum absolute atomic E-state index is 12.7. The van der Waals surface area contributed by atoms with Gasteiger partial charge in [-0.15, -0.1) is 11.3 Å². The summed E-state index contributed by atoms with van der Waals surface area (Å²) < 4.78 is 27.9. The molecule has 1 aromatic heterocycles. The van der Waals surface area contributed by atoms with E-state index in [1.807, 2.05) is 41.8 Å². The Kier molecular flexibility index (Phi) is 7.60. The van der Waals surface area contributed by atoms with Crippen LogP contribution in [0.2, 0.25) is 0 Å². The Morgan fingerprint density at radius 3 is 2.64 bits per heavy atom. The molecule has 6 nitrogen and oxygen atoms in total. The summed E-state index contributed by atoms with van der Waals surface area (Å²) in [5, 5.41) is 4.76. The van der Waals surface area contributed by atoms with E-state index < -0.39 is 10.0 Å². The molecule has 8 heteroatoms. The van der Waals surface area contributed by atoms with Crippen LogP contribution in [0.25, 0.3) is 0 Å². The van der Waals surface area contributed by atoms with E-state index in [0.717, 1.165) is 18.0 Å². The summed E-state index contributed by atoms with van der Waals surface area (Å²) >= 11 is 1.48. The van der Waals surface area contributed by atoms with Gasteiger partial charge in [-0.05, 0) is 73.7 Å². The minimum Gasteiger partial charge on any atom is -0.322 e. The number of carbonyl (C=O) groups excluding carboxylic acids is 1. The van der Waals surface area contributed by atoms with Gasteiger partial charge in [0.05, 0.1) is 4.90 Å². The predicted molar refractivity (Wildman–Crippen MR) is 133 cm³/mol. The van der Waals surface area contributed by atoms with Crippen molar-refractivity contribution in [2.45, 2.75) is 50.2 Å². The first-order valence-electron chi connectivity index (χ1n) is 11.2. The Bertz CT molecular complexity index is 1180. The number of likely N-dealkylation sites (tertiary alicyclic amines) is 1. The van der Waals surface area contributed by atoms with Gasteiger partial charge in [0.1, 0.15) is 0 Å². The molecule has 33 heavy (non-hydrogen) atoms. The molecule has 1 saturated heterocycles. The Hall–Kier alpha value is -2.52. The van der Waals surface area contributed by atoms with Crippen molar-refractivity contribution in [1.29, 1.82) is 0 Å². The van der Waals surface area contributed by atoms with Crippen LogP contribution in [-0.4, -0.2) is 31.8 Å². The lowest BCUT2D eigenvalue weighted by atomic mass is 10.0. The Labute approximate surface area is 199 Å². The zero-order valence-electron chi connectivity index (χ0n) is 18.7. The molecule has 0 bridgehead atoms. The van der Waals surface area contributed by atoms with Crippen LogP contribution in [0.4, 0.5) is 5.69 Å². The van der Waals surface area contributed by atoms with Gasteiger partial charge in [-0.2, -0.15) is 0 Å². The Balaban J connectivity index is 1.38. The summed E-state index contributed by atoms with van der Waals surface area (Å²) in [4.78, 5) is 16.2. The average molecular weight is 484 g/mol. The Morgan fingerprint density at radius 2 is 1.91 bits per heavy atom. The van der Waals surface area contributed by atoms with Crippen molar-refractivity contribution in [3.63, 3.8) is 0 Å². The number of carbonyl (C=O) groups is 1. The van der Waals surface area contributed by atoms with Gasteiger partial charge in [0.15, 0.2) is 0 Å². The van der Waals surface area contributed by atoms with E-state index in [4.69, 9.17) is 0 Å². The molecule has 1 aliphatic heterocycles. The van der Waals surface area contributed by atoms with Gasteiger partial charge in [0, 0.05) is 35.3 Å². The molecule has 1 unspecified atom stereocenters. The van der Waals surface area contributed by atoms with Crippen molar-refractivity contribution in [2.75, 3.05) is 11.9 Å². The van der Waals surface area contributed by atoms with Crippen LogP contribution < -0.4 is 10.0 Å². The van der Waals surface area contributed by atoms with Gasteiger partial charge in [0.2, 0.25) is 10.0 Å². The lowest BCUT2D eigenvalue weighted by Gasteiger charge is -2.33. The molecule has 2 heterocycles. The number of hydrogen-bond donors (Lipinski definition) is 2. The molecule has 1 fully saturated rings. The molecular weight excluding hydrogens is 454 g/mol. The standard InChI is InChI=1S/C25H29N3O3S2/c1-19-6-2-3-14-28(19)18-20-10-12-22(13-11-20)27-25(29)21-7-4-9-24(16-21)33(30,31)26-17-23-8-5-15-32-23/h4-5,7-13,15-16,19,26H,2-3,6,14,17-18H2,1H3,(H,27,29). The maximum Gasteiger partial charge on any atom is 0.255 e. The van der Waals surface area contributed by atoms with E-state index in [9.17, 15) is 13.2 Å². The van der Waals surface area contributed by atoms with Crippen molar-refractivity contribution in [3.8, 4) is 0 Å². The van der Waals surface area contributed by atoms with Gasteiger partial charge in [-0.25, -0.2) is 13.1 Å². The van der Waals surface area contributed by atoms with E-state index in [1.54, 1.807) is 12.1 Å². The first kappa shape index (κ1) is 23.6. The second-order valence-electron chi connectivity index (χ2n) is 8.40. The third kappa shape index (κ3) is 6.29. The monoisotopic (exact) mass is 483 g/mol. The molecule has 3 aromatic rings. The van der Waals surface area contributed by atoms with Crippen LogP contribution in [0.5, 0.6) is 0 Å². The van der Waals surface area contributed by atoms with E-state index in [-0.39, 0.29) is 17.3 Å². The van der Waals surface area contributed by atoms with Crippen molar-refractivity contribution in [3.05, 3.63) is 82.0 Å². The highest BCUT2D eigenvalue weighted by Gasteiger charge is 2.19. The minimum absolute atomic E-state index is 0.0673. The molecule has 2 aromatic carbocycles. The van der Waals surface area contributed by atoms with Crippen molar-refractivity contribution >= 4 is 33.0 Å². The quantitative estimate of drug-likeness (QED) is 0.480. The Morgan fingerprint density at radius 1 is 1.09 bits per heavy atom. The lowest BCUT2D eigenvalue weighted by Crippen LogP contribution is -2.36. The number of anilines is 1. The molecule has 1 amide bonds. The van der Waals surface area contributed by atoms with Gasteiger partial charge in [-0.3, -0.25) is 9.69 Å². The number of nitrogens with zero attached hydrogens (tertiary/aromatic N) is 1. The van der Waals surface area contributed by atoms with E-state index >= 15 is 0 Å². The maximum atomic E-state index is 12.7. The highest BCUT2D eigenvalue weighted by Crippen LogP contribution is 2.21. The number of sulfonamides is 1. The summed E-state index contributed by atoms with van der Waals surface area (Å²) in [5.41, 5.74) is 2.19. The molecule has 0 radical (unpaired) electrons. The number of nitrogens with one attached hydrogen (secondary N) is 2. The predicted octanol–water partition coefficient (Wildman–Crippen LogP) is 4.85. The third-order valence-corrected chi connectivity index (χ3v) is 8.24. The minimum atomic E-state index is -3.72. The summed E-state index contributed by atoms with van der Waals surface area (Å²) in [6.07, 6.45) is 3.79. The molecule has 0 saturated carbocycles. The topological polar surface area (TPSA) is 78.5 Å². The molecule has 174 valence electrons. The summed E-state index contributed by atoms with van der Waals surface area (Å²) in [6, 6.07) is 18.3. The zero-order chi connectivity index (χ0) is 23.3. The molecule has 1 atom stereocenters. The first-order chi connectivity index (χ1) is 15.9. The first-order valence-corrected chi connectivity index (χ1v) is 13.5. The van der Waals surface area contributed by atoms with Crippen LogP contribution in [0, 0.1) is 0 Å². The number of thiophene rings is 1. The average Bonchev–Trinajstić information content (AvgIpc) is 3.34. The number of rotatable bonds is 8. The van der Waals surface area contributed by atoms with Crippen LogP contribution in [0.1, 0.15) is 47.0 Å². The smallest absolute Gasteiger partial charge is 0.255 e. The lowest BCUT2D eigenvalue weighted by molar-refractivity contribution is 0.102. The van der Waals surface area contributed by atoms with Crippen LogP contribution in [-0.2, 0) is 23.1 Å². The fourth-order valence-corrected chi connectivity index (χ4v) is 5.78. The van der Waals surface area contributed by atoms with Crippen LogP contribution in [0.3, 0.4) is 0 Å². The molecule has 0 spiro atoms. The van der Waals surface area contributed by atoms with Crippen LogP contribution >= 0.6 is 11.3 Å². The summed E-state index contributed by atoms with van der Waals surface area (Å²) in [6.45, 7) is 4.54. The zero-order valence-corrected chi connectivity index (χ0v) is 20.3. The van der Waals surface area contributed by atoms with Gasteiger partial charge < -0.3 is 5.32 Å². The van der Waals surface area contributed by atoms with E-state index in [0.29, 0.717) is 17.3 Å². The second kappa shape index (κ2) is 10.6. The van der Waals surface area contributed by atoms with Crippen molar-refractivity contribution in [2.24, 2.45) is 0 Å². The van der Waals surface area contributed by atoms with E-state index in [1.165, 1.54) is 48.3 Å². The number of amides is 1. The highest BCUT2D eigenvalue weighted by molar-refractivity contribution is 7.89. The normalized spacial score (nSPS) is 17.1. The molecule has 4 rings (SSSR count). The molecular formula is C25H29N3O3S2. The van der Waals surface area contributed by atoms with Crippen molar-refractivity contribution < 1.29 is 13.2 Å². The molecule has 2 N–H and O–H groups in total. The van der Waals surface area contributed by atoms with Crippen molar-refractivity contribution in [1.82, 2.24) is 9.62 Å². The van der Waals surface area contributed by atoms with Crippen LogP contribution in [0.15, 0.2) is 70.9 Å². The molecule has 0 aliphatic carbocycles. The largest absolute Gasteiger partial charge is 0.322 e. The number of hydrogen-bond acceptors (Lipinski definition) is 5. The third-order valence-electron chi connectivity index (χ3n) is 5.96. The van der Waals surface area contributed by atoms with Gasteiger partial charge >= 0.3 is 0 Å².